The topological polar surface area (TPSA) is 58.2 Å². The van der Waals surface area contributed by atoms with E-state index in [9.17, 15) is 9.59 Å². The van der Waals surface area contributed by atoms with E-state index in [1.54, 1.807) is 0 Å². The molecular formula is C12H11ClN2O2. The van der Waals surface area contributed by atoms with Gasteiger partial charge in [0.1, 0.15) is 5.54 Å². The summed E-state index contributed by atoms with van der Waals surface area (Å²) in [5, 5.41) is 5.78. The Morgan fingerprint density at radius 2 is 2.12 bits per heavy atom. The van der Waals surface area contributed by atoms with E-state index < -0.39 is 11.6 Å². The van der Waals surface area contributed by atoms with Crippen molar-refractivity contribution in [3.05, 3.63) is 34.3 Å². The number of imide groups is 1. The minimum Gasteiger partial charge on any atom is -0.323 e. The summed E-state index contributed by atoms with van der Waals surface area (Å²) in [6.45, 7) is 0. The zero-order chi connectivity index (χ0) is 12.0. The molecule has 1 atom stereocenters. The molecule has 0 aromatic heterocycles. The Hall–Kier alpha value is -1.55. The molecule has 17 heavy (non-hydrogen) atoms. The van der Waals surface area contributed by atoms with Crippen LogP contribution in [0.4, 0.5) is 4.79 Å². The summed E-state index contributed by atoms with van der Waals surface area (Å²) < 4.78 is 0. The fourth-order valence-corrected chi connectivity index (χ4v) is 2.92. The maximum absolute atomic E-state index is 11.8. The minimum absolute atomic E-state index is 0.229. The first kappa shape index (κ1) is 10.6. The van der Waals surface area contributed by atoms with Crippen molar-refractivity contribution < 1.29 is 9.59 Å². The van der Waals surface area contributed by atoms with Crippen LogP contribution in [0.15, 0.2) is 18.2 Å². The third-order valence-electron chi connectivity index (χ3n) is 3.52. The van der Waals surface area contributed by atoms with Crippen LogP contribution >= 0.6 is 11.6 Å². The van der Waals surface area contributed by atoms with Gasteiger partial charge in [0.15, 0.2) is 0 Å². The number of carbonyl (C=O) groups is 2. The Kier molecular flexibility index (Phi) is 2.16. The molecule has 1 saturated heterocycles. The fraction of sp³-hybridized carbons (Fsp3) is 0.333. The van der Waals surface area contributed by atoms with Crippen LogP contribution in [0.25, 0.3) is 0 Å². The largest absolute Gasteiger partial charge is 0.323 e. The average Bonchev–Trinajstić information content (AvgIpc) is 2.53. The number of rotatable bonds is 0. The standard InChI is InChI=1S/C12H11ClN2O2/c13-9-3-1-2-7-6-12(5-4-8(7)9)10(16)14-11(17)15-12/h1-3H,4-6H2,(H2,14,15,16,17)/t12-/m1/s1. The van der Waals surface area contributed by atoms with Gasteiger partial charge in [-0.25, -0.2) is 4.79 Å². The van der Waals surface area contributed by atoms with E-state index in [-0.39, 0.29) is 5.91 Å². The van der Waals surface area contributed by atoms with E-state index in [4.69, 9.17) is 11.6 Å². The summed E-state index contributed by atoms with van der Waals surface area (Å²) in [5.41, 5.74) is 1.37. The van der Waals surface area contributed by atoms with Crippen molar-refractivity contribution in [3.63, 3.8) is 0 Å². The van der Waals surface area contributed by atoms with Crippen molar-refractivity contribution >= 4 is 23.5 Å². The first-order valence-corrected chi connectivity index (χ1v) is 5.88. The summed E-state index contributed by atoms with van der Waals surface area (Å²) in [6, 6.07) is 5.28. The Labute approximate surface area is 103 Å². The number of urea groups is 1. The maximum Gasteiger partial charge on any atom is 0.322 e. The second kappa shape index (κ2) is 3.47. The van der Waals surface area contributed by atoms with E-state index in [2.05, 4.69) is 10.6 Å². The van der Waals surface area contributed by atoms with Crippen LogP contribution in [0, 0.1) is 0 Å². The zero-order valence-electron chi connectivity index (χ0n) is 9.05. The highest BCUT2D eigenvalue weighted by atomic mass is 35.5. The Balaban J connectivity index is 2.01. The first-order valence-electron chi connectivity index (χ1n) is 5.51. The molecule has 2 aliphatic rings. The van der Waals surface area contributed by atoms with Crippen molar-refractivity contribution in [2.75, 3.05) is 0 Å². The summed E-state index contributed by atoms with van der Waals surface area (Å²) >= 11 is 6.11. The van der Waals surface area contributed by atoms with Crippen LogP contribution in [0.5, 0.6) is 0 Å². The highest BCUT2D eigenvalue weighted by molar-refractivity contribution is 6.31. The predicted molar refractivity (Wildman–Crippen MR) is 62.9 cm³/mol. The van der Waals surface area contributed by atoms with E-state index in [0.29, 0.717) is 19.3 Å². The molecule has 1 spiro atoms. The Morgan fingerprint density at radius 3 is 2.82 bits per heavy atom. The SMILES string of the molecule is O=C1NC(=O)[C@]2(CCc3c(Cl)cccc3C2)N1. The van der Waals surface area contributed by atoms with Gasteiger partial charge in [-0.3, -0.25) is 10.1 Å². The summed E-state index contributed by atoms with van der Waals surface area (Å²) in [7, 11) is 0. The van der Waals surface area contributed by atoms with Crippen LogP contribution in [0.2, 0.25) is 5.02 Å². The molecule has 1 aromatic rings. The predicted octanol–water partition coefficient (Wildman–Crippen LogP) is 1.41. The van der Waals surface area contributed by atoms with E-state index in [1.165, 1.54) is 0 Å². The first-order chi connectivity index (χ1) is 8.11. The molecule has 5 heteroatoms. The lowest BCUT2D eigenvalue weighted by Gasteiger charge is -2.32. The molecule has 0 saturated carbocycles. The van der Waals surface area contributed by atoms with Crippen LogP contribution in [0.1, 0.15) is 17.5 Å². The average molecular weight is 251 g/mol. The van der Waals surface area contributed by atoms with Crippen LogP contribution in [-0.2, 0) is 17.6 Å². The molecule has 1 fully saturated rings. The summed E-state index contributed by atoms with van der Waals surface area (Å²) in [5.74, 6) is -0.229. The Bertz CT molecular complexity index is 529. The third-order valence-corrected chi connectivity index (χ3v) is 3.88. The fourth-order valence-electron chi connectivity index (χ4n) is 2.63. The van der Waals surface area contributed by atoms with Gasteiger partial charge in [-0.05, 0) is 30.0 Å². The molecule has 0 unspecified atom stereocenters. The van der Waals surface area contributed by atoms with Gasteiger partial charge in [0.25, 0.3) is 5.91 Å². The molecule has 4 nitrogen and oxygen atoms in total. The molecule has 1 aliphatic heterocycles. The van der Waals surface area contributed by atoms with Crippen molar-refractivity contribution in [2.24, 2.45) is 0 Å². The normalized spacial score (nSPS) is 26.6. The Morgan fingerprint density at radius 1 is 1.29 bits per heavy atom. The number of amides is 3. The summed E-state index contributed by atoms with van der Waals surface area (Å²) in [4.78, 5) is 23.1. The second-order valence-electron chi connectivity index (χ2n) is 4.54. The van der Waals surface area contributed by atoms with E-state index >= 15 is 0 Å². The number of hydrogen-bond donors (Lipinski definition) is 2. The van der Waals surface area contributed by atoms with Crippen molar-refractivity contribution in [3.8, 4) is 0 Å². The molecular weight excluding hydrogens is 240 g/mol. The molecule has 1 heterocycles. The molecule has 3 amide bonds. The van der Waals surface area contributed by atoms with Gasteiger partial charge in [0, 0.05) is 11.4 Å². The van der Waals surface area contributed by atoms with Gasteiger partial charge < -0.3 is 5.32 Å². The van der Waals surface area contributed by atoms with Gasteiger partial charge in [-0.2, -0.15) is 0 Å². The summed E-state index contributed by atoms with van der Waals surface area (Å²) in [6.07, 6.45) is 1.82. The van der Waals surface area contributed by atoms with Crippen LogP contribution < -0.4 is 10.6 Å². The number of benzene rings is 1. The van der Waals surface area contributed by atoms with E-state index in [0.717, 1.165) is 16.1 Å². The molecule has 0 bridgehead atoms. The second-order valence-corrected chi connectivity index (χ2v) is 4.95. The lowest BCUT2D eigenvalue weighted by atomic mass is 9.78. The van der Waals surface area contributed by atoms with Crippen molar-refractivity contribution in [1.29, 1.82) is 0 Å². The molecule has 2 N–H and O–H groups in total. The lowest BCUT2D eigenvalue weighted by molar-refractivity contribution is -0.124. The van der Waals surface area contributed by atoms with Gasteiger partial charge in [0.2, 0.25) is 0 Å². The number of carbonyl (C=O) groups excluding carboxylic acids is 2. The van der Waals surface area contributed by atoms with E-state index in [1.807, 2.05) is 18.2 Å². The number of fused-ring (bicyclic) bond motifs is 1. The molecule has 1 aliphatic carbocycles. The molecule has 3 rings (SSSR count). The number of halogens is 1. The maximum atomic E-state index is 11.8. The number of nitrogens with one attached hydrogen (secondary N) is 2. The van der Waals surface area contributed by atoms with Gasteiger partial charge in [0.05, 0.1) is 0 Å². The molecule has 88 valence electrons. The highest BCUT2D eigenvalue weighted by Crippen LogP contribution is 2.34. The van der Waals surface area contributed by atoms with Crippen molar-refractivity contribution in [2.45, 2.75) is 24.8 Å². The van der Waals surface area contributed by atoms with Gasteiger partial charge in [-0.15, -0.1) is 0 Å². The highest BCUT2D eigenvalue weighted by Gasteiger charge is 2.47. The lowest BCUT2D eigenvalue weighted by Crippen LogP contribution is -2.51. The minimum atomic E-state index is -0.769. The quantitative estimate of drug-likeness (QED) is 0.684. The van der Waals surface area contributed by atoms with Crippen molar-refractivity contribution in [1.82, 2.24) is 10.6 Å². The third kappa shape index (κ3) is 1.52. The van der Waals surface area contributed by atoms with Crippen LogP contribution in [-0.4, -0.2) is 17.5 Å². The monoisotopic (exact) mass is 250 g/mol. The smallest absolute Gasteiger partial charge is 0.322 e. The van der Waals surface area contributed by atoms with Gasteiger partial charge >= 0.3 is 6.03 Å². The molecule has 0 radical (unpaired) electrons. The zero-order valence-corrected chi connectivity index (χ0v) is 9.80. The molecule has 1 aromatic carbocycles. The number of hydrogen-bond acceptors (Lipinski definition) is 2. The van der Waals surface area contributed by atoms with Gasteiger partial charge in [-0.1, -0.05) is 23.7 Å². The van der Waals surface area contributed by atoms with Crippen LogP contribution in [0.3, 0.4) is 0 Å².